The van der Waals surface area contributed by atoms with Crippen molar-refractivity contribution >= 4 is 5.91 Å². The minimum Gasteiger partial charge on any atom is -0.484 e. The van der Waals surface area contributed by atoms with E-state index in [1.807, 2.05) is 18.2 Å². The zero-order chi connectivity index (χ0) is 22.3. The number of carbonyl (C=O) groups is 1. The lowest BCUT2D eigenvalue weighted by Crippen LogP contribution is -2.31. The van der Waals surface area contributed by atoms with Crippen LogP contribution in [-0.4, -0.2) is 51.8 Å². The third-order valence-electron chi connectivity index (χ3n) is 5.39. The number of hydrogen-bond donors (Lipinski definition) is 1. The zero-order valence-corrected chi connectivity index (χ0v) is 17.6. The number of ether oxygens (including phenoxy) is 1. The monoisotopic (exact) mass is 441 g/mol. The van der Waals surface area contributed by atoms with Crippen LogP contribution in [0.1, 0.15) is 17.2 Å². The third-order valence-corrected chi connectivity index (χ3v) is 5.39. The molecule has 0 saturated heterocycles. The van der Waals surface area contributed by atoms with Gasteiger partial charge in [0.05, 0.1) is 0 Å². The lowest BCUT2D eigenvalue weighted by Gasteiger charge is -2.20. The maximum absolute atomic E-state index is 14.0. The summed E-state index contributed by atoms with van der Waals surface area (Å²) < 4.78 is 34.6. The first kappa shape index (κ1) is 21.9. The van der Waals surface area contributed by atoms with Gasteiger partial charge in [0.25, 0.3) is 5.91 Å². The first-order valence-electron chi connectivity index (χ1n) is 10.6. The molecule has 0 unspecified atom stereocenters. The third kappa shape index (κ3) is 5.67. The molecule has 2 aromatic carbocycles. The van der Waals surface area contributed by atoms with Gasteiger partial charge in [0, 0.05) is 57.2 Å². The van der Waals surface area contributed by atoms with Gasteiger partial charge in [0.15, 0.2) is 6.61 Å². The van der Waals surface area contributed by atoms with E-state index in [1.165, 1.54) is 12.1 Å². The number of fused-ring (bicyclic) bond motifs is 1. The van der Waals surface area contributed by atoms with Gasteiger partial charge in [-0.1, -0.05) is 24.3 Å². The molecule has 7 nitrogen and oxygen atoms in total. The molecule has 1 amide bonds. The van der Waals surface area contributed by atoms with Gasteiger partial charge in [-0.3, -0.25) is 9.69 Å². The van der Waals surface area contributed by atoms with E-state index >= 15 is 0 Å². The highest BCUT2D eigenvalue weighted by Crippen LogP contribution is 2.16. The van der Waals surface area contributed by atoms with Crippen molar-refractivity contribution in [3.05, 3.63) is 77.4 Å². The Hall–Kier alpha value is -3.33. The predicted octanol–water partition coefficient (Wildman–Crippen LogP) is 2.35. The van der Waals surface area contributed by atoms with E-state index in [0.29, 0.717) is 56.9 Å². The van der Waals surface area contributed by atoms with Gasteiger partial charge in [-0.2, -0.15) is 0 Å². The van der Waals surface area contributed by atoms with Crippen LogP contribution in [0.3, 0.4) is 0 Å². The number of carbonyl (C=O) groups excluding carboxylic acids is 1. The summed E-state index contributed by atoms with van der Waals surface area (Å²) in [5.74, 6) is 1.03. The number of halogens is 2. The topological polar surface area (TPSA) is 72.3 Å². The van der Waals surface area contributed by atoms with Crippen LogP contribution in [0.15, 0.2) is 48.5 Å². The Bertz CT molecular complexity index is 1060. The molecule has 0 bridgehead atoms. The number of amides is 1. The number of aromatic nitrogens is 3. The molecule has 9 heteroatoms. The quantitative estimate of drug-likeness (QED) is 0.581. The fraction of sp³-hybridized carbons (Fsp3) is 0.348. The van der Waals surface area contributed by atoms with E-state index in [-0.39, 0.29) is 12.5 Å². The molecule has 168 valence electrons. The second kappa shape index (κ2) is 10.3. The zero-order valence-electron chi connectivity index (χ0n) is 17.6. The first-order chi connectivity index (χ1) is 15.6. The minimum absolute atomic E-state index is 0.0448. The SMILES string of the molecule is O=C(COc1ccccc1)NCCc1nnc2n1CCN(Cc1ccc(F)cc1F)CC2. The number of nitrogens with zero attached hydrogens (tertiary/aromatic N) is 4. The molecule has 0 radical (unpaired) electrons. The van der Waals surface area contributed by atoms with Gasteiger partial charge < -0.3 is 14.6 Å². The van der Waals surface area contributed by atoms with Crippen LogP contribution in [0.25, 0.3) is 0 Å². The Labute approximate surface area is 185 Å². The standard InChI is InChI=1S/C23H25F2N5O2/c24-18-7-6-17(20(25)14-18)15-29-11-9-22-28-27-21(30(22)13-12-29)8-10-26-23(31)16-32-19-4-2-1-3-5-19/h1-7,14H,8-13,15-16H2,(H,26,31). The van der Waals surface area contributed by atoms with Crippen LogP contribution >= 0.6 is 0 Å². The average molecular weight is 441 g/mol. The lowest BCUT2D eigenvalue weighted by molar-refractivity contribution is -0.123. The van der Waals surface area contributed by atoms with Crippen molar-refractivity contribution in [2.45, 2.75) is 25.9 Å². The summed E-state index contributed by atoms with van der Waals surface area (Å²) in [4.78, 5) is 14.1. The smallest absolute Gasteiger partial charge is 0.257 e. The Balaban J connectivity index is 1.25. The van der Waals surface area contributed by atoms with Crippen molar-refractivity contribution < 1.29 is 18.3 Å². The summed E-state index contributed by atoms with van der Waals surface area (Å²) in [5, 5.41) is 11.4. The Kier molecular flexibility index (Phi) is 7.06. The Morgan fingerprint density at radius 1 is 1.06 bits per heavy atom. The summed E-state index contributed by atoms with van der Waals surface area (Å²) in [7, 11) is 0. The summed E-state index contributed by atoms with van der Waals surface area (Å²) in [6.45, 7) is 2.88. The molecule has 32 heavy (non-hydrogen) atoms. The largest absolute Gasteiger partial charge is 0.484 e. The molecule has 0 aliphatic carbocycles. The van der Waals surface area contributed by atoms with Crippen LogP contribution in [0.4, 0.5) is 8.78 Å². The van der Waals surface area contributed by atoms with Crippen LogP contribution in [-0.2, 0) is 30.7 Å². The molecule has 1 aromatic heterocycles. The maximum atomic E-state index is 14.0. The normalized spacial score (nSPS) is 13.9. The average Bonchev–Trinajstić information content (AvgIpc) is 3.06. The predicted molar refractivity (Wildman–Crippen MR) is 114 cm³/mol. The van der Waals surface area contributed by atoms with Crippen LogP contribution in [0.2, 0.25) is 0 Å². The molecular weight excluding hydrogens is 416 g/mol. The van der Waals surface area contributed by atoms with Gasteiger partial charge in [-0.25, -0.2) is 8.78 Å². The van der Waals surface area contributed by atoms with E-state index < -0.39 is 11.6 Å². The molecule has 4 rings (SSSR count). The van der Waals surface area contributed by atoms with Crippen molar-refractivity contribution in [2.75, 3.05) is 26.2 Å². The van der Waals surface area contributed by atoms with E-state index in [2.05, 4.69) is 25.0 Å². The summed E-state index contributed by atoms with van der Waals surface area (Å²) in [6, 6.07) is 12.9. The van der Waals surface area contributed by atoms with Gasteiger partial charge in [0.1, 0.15) is 29.0 Å². The maximum Gasteiger partial charge on any atom is 0.257 e. The molecule has 0 atom stereocenters. The molecule has 0 spiro atoms. The fourth-order valence-electron chi connectivity index (χ4n) is 3.69. The molecule has 0 saturated carbocycles. The molecule has 1 aliphatic heterocycles. The van der Waals surface area contributed by atoms with E-state index in [0.717, 1.165) is 17.7 Å². The Morgan fingerprint density at radius 3 is 2.72 bits per heavy atom. The summed E-state index contributed by atoms with van der Waals surface area (Å²) >= 11 is 0. The van der Waals surface area contributed by atoms with E-state index in [1.54, 1.807) is 12.1 Å². The number of benzene rings is 2. The van der Waals surface area contributed by atoms with E-state index in [9.17, 15) is 13.6 Å². The van der Waals surface area contributed by atoms with Crippen LogP contribution in [0, 0.1) is 11.6 Å². The van der Waals surface area contributed by atoms with Crippen molar-refractivity contribution in [1.82, 2.24) is 25.0 Å². The van der Waals surface area contributed by atoms with Gasteiger partial charge in [0.2, 0.25) is 0 Å². The van der Waals surface area contributed by atoms with Crippen molar-refractivity contribution in [1.29, 1.82) is 0 Å². The van der Waals surface area contributed by atoms with Gasteiger partial charge in [-0.15, -0.1) is 10.2 Å². The molecule has 1 aliphatic rings. The van der Waals surface area contributed by atoms with Gasteiger partial charge >= 0.3 is 0 Å². The van der Waals surface area contributed by atoms with Crippen molar-refractivity contribution in [3.63, 3.8) is 0 Å². The highest BCUT2D eigenvalue weighted by atomic mass is 19.1. The molecule has 1 N–H and O–H groups in total. The van der Waals surface area contributed by atoms with Gasteiger partial charge in [-0.05, 0) is 18.2 Å². The molecule has 3 aromatic rings. The Morgan fingerprint density at radius 2 is 1.91 bits per heavy atom. The number of rotatable bonds is 8. The molecule has 2 heterocycles. The second-order valence-corrected chi connectivity index (χ2v) is 7.65. The lowest BCUT2D eigenvalue weighted by atomic mass is 10.2. The molecular formula is C23H25F2N5O2. The minimum atomic E-state index is -0.573. The highest BCUT2D eigenvalue weighted by Gasteiger charge is 2.19. The number of nitrogens with one attached hydrogen (secondary N) is 1. The summed E-state index contributed by atoms with van der Waals surface area (Å²) in [6.07, 6.45) is 1.24. The van der Waals surface area contributed by atoms with Crippen LogP contribution in [0.5, 0.6) is 5.75 Å². The molecule has 0 fully saturated rings. The number of hydrogen-bond acceptors (Lipinski definition) is 5. The highest BCUT2D eigenvalue weighted by molar-refractivity contribution is 5.77. The second-order valence-electron chi connectivity index (χ2n) is 7.65. The first-order valence-corrected chi connectivity index (χ1v) is 10.6. The van der Waals surface area contributed by atoms with Crippen molar-refractivity contribution in [2.24, 2.45) is 0 Å². The number of para-hydroxylation sites is 1. The fourth-order valence-corrected chi connectivity index (χ4v) is 3.69. The van der Waals surface area contributed by atoms with Crippen LogP contribution < -0.4 is 10.1 Å². The summed E-state index contributed by atoms with van der Waals surface area (Å²) in [5.41, 5.74) is 0.477. The van der Waals surface area contributed by atoms with Crippen molar-refractivity contribution in [3.8, 4) is 5.75 Å². The van der Waals surface area contributed by atoms with E-state index in [4.69, 9.17) is 4.74 Å².